The Balaban J connectivity index is 2.18. The molecule has 5 heteroatoms. The molecule has 1 heterocycles. The van der Waals surface area contributed by atoms with E-state index in [1.165, 1.54) is 12.1 Å². The van der Waals surface area contributed by atoms with E-state index >= 15 is 0 Å². The predicted molar refractivity (Wildman–Crippen MR) is 63.0 cm³/mol. The lowest BCUT2D eigenvalue weighted by molar-refractivity contribution is 0.170. The molecule has 0 fully saturated rings. The maximum Gasteiger partial charge on any atom is 0.141 e. The van der Waals surface area contributed by atoms with Crippen molar-refractivity contribution in [3.05, 3.63) is 53.4 Å². The topological polar surface area (TPSA) is 61.8 Å². The Morgan fingerprint density at radius 2 is 2.33 bits per heavy atom. The molecule has 0 saturated heterocycles. The van der Waals surface area contributed by atoms with Crippen molar-refractivity contribution in [3.63, 3.8) is 0 Å². The molecule has 0 bridgehead atoms. The van der Waals surface area contributed by atoms with E-state index in [2.05, 4.69) is 4.98 Å². The monoisotopic (exact) mass is 245 g/mol. The van der Waals surface area contributed by atoms with Crippen LogP contribution in [-0.4, -0.2) is 14.7 Å². The van der Waals surface area contributed by atoms with Crippen LogP contribution in [0.4, 0.5) is 4.39 Å². The maximum atomic E-state index is 13.4. The molecule has 1 N–H and O–H groups in total. The fraction of sp³-hybridized carbons (Fsp3) is 0.231. The molecular formula is C13H12FN3O. The number of benzene rings is 1. The predicted octanol–water partition coefficient (Wildman–Crippen LogP) is 1.71. The van der Waals surface area contributed by atoms with Crippen LogP contribution in [0.2, 0.25) is 0 Å². The average molecular weight is 245 g/mol. The molecule has 1 aromatic carbocycles. The van der Waals surface area contributed by atoms with E-state index in [0.717, 1.165) is 0 Å². The lowest BCUT2D eigenvalue weighted by Crippen LogP contribution is -2.07. The Bertz CT molecular complexity index is 601. The summed E-state index contributed by atoms with van der Waals surface area (Å²) in [6.07, 6.45) is 2.70. The number of aliphatic hydroxyl groups is 1. The highest BCUT2D eigenvalue weighted by Gasteiger charge is 2.13. The smallest absolute Gasteiger partial charge is 0.141 e. The highest BCUT2D eigenvalue weighted by atomic mass is 19.1. The van der Waals surface area contributed by atoms with E-state index in [4.69, 9.17) is 5.26 Å². The number of hydrogen-bond acceptors (Lipinski definition) is 3. The van der Waals surface area contributed by atoms with E-state index in [9.17, 15) is 9.50 Å². The van der Waals surface area contributed by atoms with Crippen molar-refractivity contribution in [3.8, 4) is 6.07 Å². The van der Waals surface area contributed by atoms with Crippen molar-refractivity contribution < 1.29 is 9.50 Å². The van der Waals surface area contributed by atoms with Crippen molar-refractivity contribution >= 4 is 0 Å². The fourth-order valence-corrected chi connectivity index (χ4v) is 1.79. The minimum atomic E-state index is -0.746. The van der Waals surface area contributed by atoms with E-state index in [-0.39, 0.29) is 12.0 Å². The molecule has 92 valence electrons. The number of aryl methyl sites for hydroxylation is 1. The number of hydrogen-bond donors (Lipinski definition) is 1. The molecule has 0 amide bonds. The molecule has 1 unspecified atom stereocenters. The number of aromatic nitrogens is 2. The van der Waals surface area contributed by atoms with Gasteiger partial charge in [-0.1, -0.05) is 6.07 Å². The molecule has 0 radical (unpaired) electrons. The number of imidazole rings is 1. The second-order valence-corrected chi connectivity index (χ2v) is 4.08. The third kappa shape index (κ3) is 2.39. The molecule has 1 aromatic heterocycles. The summed E-state index contributed by atoms with van der Waals surface area (Å²) in [7, 11) is 1.78. The lowest BCUT2D eigenvalue weighted by atomic mass is 10.0. The van der Waals surface area contributed by atoms with Gasteiger partial charge in [-0.2, -0.15) is 5.26 Å². The molecular weight excluding hydrogens is 233 g/mol. The van der Waals surface area contributed by atoms with Gasteiger partial charge in [0.05, 0.1) is 29.9 Å². The average Bonchev–Trinajstić information content (AvgIpc) is 2.76. The van der Waals surface area contributed by atoms with Gasteiger partial charge in [-0.15, -0.1) is 0 Å². The van der Waals surface area contributed by atoms with Crippen LogP contribution >= 0.6 is 0 Å². The Labute approximate surface area is 104 Å². The van der Waals surface area contributed by atoms with Crippen LogP contribution in [0.25, 0.3) is 0 Å². The van der Waals surface area contributed by atoms with Gasteiger partial charge in [-0.25, -0.2) is 9.37 Å². The van der Waals surface area contributed by atoms with E-state index in [1.807, 2.05) is 0 Å². The SMILES string of the molecule is Cn1cncc1C(O)Cc1ccc(C#N)c(F)c1. The summed E-state index contributed by atoms with van der Waals surface area (Å²) in [5, 5.41) is 18.6. The molecule has 0 aliphatic carbocycles. The highest BCUT2D eigenvalue weighted by molar-refractivity contribution is 5.33. The minimum Gasteiger partial charge on any atom is -0.386 e. The van der Waals surface area contributed by atoms with Gasteiger partial charge in [0.15, 0.2) is 0 Å². The summed E-state index contributed by atoms with van der Waals surface area (Å²) in [4.78, 5) is 3.92. The van der Waals surface area contributed by atoms with Crippen LogP contribution in [0.15, 0.2) is 30.7 Å². The zero-order valence-electron chi connectivity index (χ0n) is 9.84. The van der Waals surface area contributed by atoms with Crippen LogP contribution in [0, 0.1) is 17.1 Å². The Morgan fingerprint density at radius 3 is 2.89 bits per heavy atom. The molecule has 1 atom stereocenters. The normalized spacial score (nSPS) is 12.1. The first-order valence-electron chi connectivity index (χ1n) is 5.44. The zero-order chi connectivity index (χ0) is 13.1. The van der Waals surface area contributed by atoms with Gasteiger partial charge in [0, 0.05) is 13.5 Å². The van der Waals surface area contributed by atoms with Crippen LogP contribution in [-0.2, 0) is 13.5 Å². The second kappa shape index (κ2) is 4.98. The minimum absolute atomic E-state index is 0.00812. The molecule has 2 aromatic rings. The Kier molecular flexibility index (Phi) is 3.40. The van der Waals surface area contributed by atoms with Crippen molar-refractivity contribution in [2.45, 2.75) is 12.5 Å². The Morgan fingerprint density at radius 1 is 1.56 bits per heavy atom. The van der Waals surface area contributed by atoms with Crippen molar-refractivity contribution in [1.29, 1.82) is 5.26 Å². The highest BCUT2D eigenvalue weighted by Crippen LogP contribution is 2.19. The second-order valence-electron chi connectivity index (χ2n) is 4.08. The third-order valence-corrected chi connectivity index (χ3v) is 2.78. The molecule has 0 saturated carbocycles. The van der Waals surface area contributed by atoms with Gasteiger partial charge < -0.3 is 9.67 Å². The standard InChI is InChI=1S/C13H12FN3O/c1-17-8-16-7-12(17)13(18)5-9-2-3-10(6-15)11(14)4-9/h2-4,7-8,13,18H,5H2,1H3. The molecule has 4 nitrogen and oxygen atoms in total. The molecule has 0 aliphatic rings. The molecule has 18 heavy (non-hydrogen) atoms. The quantitative estimate of drug-likeness (QED) is 0.895. The van der Waals surface area contributed by atoms with Crippen molar-refractivity contribution in [1.82, 2.24) is 9.55 Å². The Hall–Kier alpha value is -2.19. The van der Waals surface area contributed by atoms with Gasteiger partial charge >= 0.3 is 0 Å². The fourth-order valence-electron chi connectivity index (χ4n) is 1.79. The van der Waals surface area contributed by atoms with Crippen molar-refractivity contribution in [2.75, 3.05) is 0 Å². The van der Waals surface area contributed by atoms with Gasteiger partial charge in [-0.3, -0.25) is 0 Å². The van der Waals surface area contributed by atoms with E-state index in [1.54, 1.807) is 36.3 Å². The number of halogens is 1. The van der Waals surface area contributed by atoms with Gasteiger partial charge in [-0.05, 0) is 17.7 Å². The largest absolute Gasteiger partial charge is 0.386 e. The first-order chi connectivity index (χ1) is 8.61. The van der Waals surface area contributed by atoms with Gasteiger partial charge in [0.1, 0.15) is 11.9 Å². The molecule has 0 spiro atoms. The van der Waals surface area contributed by atoms with Crippen LogP contribution in [0.1, 0.15) is 22.9 Å². The summed E-state index contributed by atoms with van der Waals surface area (Å²) in [5.41, 5.74) is 1.31. The van der Waals surface area contributed by atoms with Gasteiger partial charge in [0.2, 0.25) is 0 Å². The van der Waals surface area contributed by atoms with Gasteiger partial charge in [0.25, 0.3) is 0 Å². The lowest BCUT2D eigenvalue weighted by Gasteiger charge is -2.11. The number of nitriles is 1. The number of nitrogens with zero attached hydrogens (tertiary/aromatic N) is 3. The third-order valence-electron chi connectivity index (χ3n) is 2.78. The summed E-state index contributed by atoms with van der Waals surface area (Å²) in [6.45, 7) is 0. The summed E-state index contributed by atoms with van der Waals surface area (Å²) in [5.74, 6) is -0.563. The zero-order valence-corrected chi connectivity index (χ0v) is 9.84. The first kappa shape index (κ1) is 12.3. The summed E-state index contributed by atoms with van der Waals surface area (Å²) >= 11 is 0. The summed E-state index contributed by atoms with van der Waals surface area (Å²) in [6, 6.07) is 6.09. The van der Waals surface area contributed by atoms with Crippen LogP contribution in [0.5, 0.6) is 0 Å². The summed E-state index contributed by atoms with van der Waals surface area (Å²) < 4.78 is 15.1. The van der Waals surface area contributed by atoms with Crippen LogP contribution in [0.3, 0.4) is 0 Å². The number of aliphatic hydroxyl groups excluding tert-OH is 1. The molecule has 0 aliphatic heterocycles. The van der Waals surface area contributed by atoms with Crippen molar-refractivity contribution in [2.24, 2.45) is 7.05 Å². The first-order valence-corrected chi connectivity index (χ1v) is 5.44. The van der Waals surface area contributed by atoms with Crippen LogP contribution < -0.4 is 0 Å². The van der Waals surface area contributed by atoms with E-state index < -0.39 is 11.9 Å². The molecule has 2 rings (SSSR count). The maximum absolute atomic E-state index is 13.4. The number of rotatable bonds is 3. The van der Waals surface area contributed by atoms with E-state index in [0.29, 0.717) is 11.3 Å².